The predicted molar refractivity (Wildman–Crippen MR) is 72.5 cm³/mol. The molecule has 0 spiro atoms. The Morgan fingerprint density at radius 1 is 1.11 bits per heavy atom. The highest BCUT2D eigenvalue weighted by atomic mass is 19.1. The normalized spacial score (nSPS) is 17.2. The number of halogens is 1. The van der Waals surface area contributed by atoms with E-state index in [1.54, 1.807) is 6.07 Å². The van der Waals surface area contributed by atoms with Gasteiger partial charge >= 0.3 is 7.12 Å². The van der Waals surface area contributed by atoms with Crippen LogP contribution in [0.4, 0.5) is 4.39 Å². The third kappa shape index (κ3) is 4.60. The molecule has 104 valence electrons. The van der Waals surface area contributed by atoms with Crippen molar-refractivity contribution in [2.24, 2.45) is 0 Å². The van der Waals surface area contributed by atoms with Gasteiger partial charge < -0.3 is 14.8 Å². The minimum atomic E-state index is -1.65. The summed E-state index contributed by atoms with van der Waals surface area (Å²) in [6, 6.07) is 4.08. The summed E-state index contributed by atoms with van der Waals surface area (Å²) in [6.07, 6.45) is 7.27. The van der Waals surface area contributed by atoms with Crippen molar-refractivity contribution >= 4 is 12.6 Å². The van der Waals surface area contributed by atoms with Crippen molar-refractivity contribution in [3.05, 3.63) is 29.6 Å². The molecule has 1 fully saturated rings. The van der Waals surface area contributed by atoms with E-state index in [1.807, 2.05) is 0 Å². The van der Waals surface area contributed by atoms with E-state index in [2.05, 4.69) is 0 Å². The van der Waals surface area contributed by atoms with Gasteiger partial charge in [0.25, 0.3) is 0 Å². The molecule has 1 aromatic rings. The predicted octanol–water partition coefficient (Wildman–Crippen LogP) is 1.74. The lowest BCUT2D eigenvalue weighted by Crippen LogP contribution is -2.30. The van der Waals surface area contributed by atoms with E-state index in [0.29, 0.717) is 12.2 Å². The largest absolute Gasteiger partial charge is 0.488 e. The molecule has 1 saturated carbocycles. The summed E-state index contributed by atoms with van der Waals surface area (Å²) in [5.41, 5.74) is 0.812. The molecular formula is C14H20BFO3. The van der Waals surface area contributed by atoms with E-state index in [1.165, 1.54) is 31.7 Å². The lowest BCUT2D eigenvalue weighted by molar-refractivity contribution is 0.0309. The highest BCUT2D eigenvalue weighted by Crippen LogP contribution is 2.20. The van der Waals surface area contributed by atoms with Gasteiger partial charge in [0.05, 0.1) is 12.7 Å². The summed E-state index contributed by atoms with van der Waals surface area (Å²) in [6.45, 7) is 0.322. The molecule has 0 aliphatic heterocycles. The van der Waals surface area contributed by atoms with Crippen LogP contribution in [0.1, 0.15) is 44.1 Å². The molecule has 19 heavy (non-hydrogen) atoms. The maximum atomic E-state index is 13.3. The first kappa shape index (κ1) is 14.5. The first-order valence-corrected chi connectivity index (χ1v) is 6.92. The second kappa shape index (κ2) is 7.03. The molecule has 1 aromatic carbocycles. The van der Waals surface area contributed by atoms with Crippen molar-refractivity contribution in [1.82, 2.24) is 0 Å². The van der Waals surface area contributed by atoms with Gasteiger partial charge in [0, 0.05) is 0 Å². The van der Waals surface area contributed by atoms with Crippen LogP contribution in [0.2, 0.25) is 0 Å². The Hall–Kier alpha value is -0.905. The Morgan fingerprint density at radius 2 is 1.79 bits per heavy atom. The molecule has 0 aromatic heterocycles. The number of hydrogen-bond donors (Lipinski definition) is 2. The number of ether oxygens (including phenoxy) is 1. The standard InChI is InChI=1S/C14H20BFO3/c16-13-8-11(7-12(9-13)15(17)18)10-19-14-5-3-1-2-4-6-14/h7-9,14,17-18H,1-6,10H2. The second-order valence-corrected chi connectivity index (χ2v) is 5.19. The van der Waals surface area contributed by atoms with Gasteiger partial charge in [-0.1, -0.05) is 31.7 Å². The van der Waals surface area contributed by atoms with Crippen LogP contribution in [0.25, 0.3) is 0 Å². The molecule has 2 rings (SSSR count). The van der Waals surface area contributed by atoms with Gasteiger partial charge in [-0.3, -0.25) is 0 Å². The van der Waals surface area contributed by atoms with E-state index in [-0.39, 0.29) is 11.6 Å². The van der Waals surface area contributed by atoms with E-state index in [4.69, 9.17) is 14.8 Å². The molecule has 0 unspecified atom stereocenters. The van der Waals surface area contributed by atoms with E-state index in [9.17, 15) is 4.39 Å². The quantitative estimate of drug-likeness (QED) is 0.644. The van der Waals surface area contributed by atoms with Crippen molar-refractivity contribution in [1.29, 1.82) is 0 Å². The van der Waals surface area contributed by atoms with Crippen LogP contribution in [0.3, 0.4) is 0 Å². The maximum Gasteiger partial charge on any atom is 0.488 e. The topological polar surface area (TPSA) is 49.7 Å². The summed E-state index contributed by atoms with van der Waals surface area (Å²) in [5.74, 6) is -0.468. The Labute approximate surface area is 113 Å². The smallest absolute Gasteiger partial charge is 0.423 e. The van der Waals surface area contributed by atoms with Crippen LogP contribution in [-0.2, 0) is 11.3 Å². The minimum absolute atomic E-state index is 0.166. The third-order valence-electron chi connectivity index (χ3n) is 3.57. The zero-order chi connectivity index (χ0) is 13.7. The summed E-state index contributed by atoms with van der Waals surface area (Å²) in [5, 5.41) is 18.1. The number of rotatable bonds is 4. The van der Waals surface area contributed by atoms with Gasteiger partial charge in [-0.15, -0.1) is 0 Å². The van der Waals surface area contributed by atoms with Gasteiger partial charge in [-0.25, -0.2) is 4.39 Å². The van der Waals surface area contributed by atoms with Gasteiger partial charge in [-0.2, -0.15) is 0 Å². The SMILES string of the molecule is OB(O)c1cc(F)cc(COC2CCCCCC2)c1. The maximum absolute atomic E-state index is 13.3. The summed E-state index contributed by atoms with van der Waals surface area (Å²) >= 11 is 0. The number of hydrogen-bond acceptors (Lipinski definition) is 3. The highest BCUT2D eigenvalue weighted by molar-refractivity contribution is 6.58. The van der Waals surface area contributed by atoms with Gasteiger partial charge in [0.2, 0.25) is 0 Å². The molecule has 0 atom stereocenters. The molecule has 1 aliphatic rings. The molecular weight excluding hydrogens is 246 g/mol. The number of benzene rings is 1. The fourth-order valence-corrected chi connectivity index (χ4v) is 2.53. The molecule has 3 nitrogen and oxygen atoms in total. The van der Waals surface area contributed by atoms with Crippen molar-refractivity contribution in [3.63, 3.8) is 0 Å². The van der Waals surface area contributed by atoms with E-state index < -0.39 is 12.9 Å². The fraction of sp³-hybridized carbons (Fsp3) is 0.571. The average Bonchev–Trinajstić information content (AvgIpc) is 2.64. The molecule has 0 amide bonds. The van der Waals surface area contributed by atoms with E-state index in [0.717, 1.165) is 18.9 Å². The van der Waals surface area contributed by atoms with Gasteiger partial charge in [-0.05, 0) is 36.0 Å². The Bertz CT molecular complexity index is 404. The summed E-state index contributed by atoms with van der Waals surface area (Å²) < 4.78 is 19.1. The lowest BCUT2D eigenvalue weighted by Gasteiger charge is -2.15. The molecule has 0 bridgehead atoms. The second-order valence-electron chi connectivity index (χ2n) is 5.19. The third-order valence-corrected chi connectivity index (χ3v) is 3.57. The van der Waals surface area contributed by atoms with Crippen LogP contribution in [0.15, 0.2) is 18.2 Å². The molecule has 2 N–H and O–H groups in total. The summed E-state index contributed by atoms with van der Waals surface area (Å²) in [4.78, 5) is 0. The zero-order valence-corrected chi connectivity index (χ0v) is 11.0. The van der Waals surface area contributed by atoms with Crippen molar-refractivity contribution in [2.45, 2.75) is 51.2 Å². The van der Waals surface area contributed by atoms with Crippen molar-refractivity contribution < 1.29 is 19.2 Å². The first-order valence-electron chi connectivity index (χ1n) is 6.92. The molecule has 0 heterocycles. The molecule has 5 heteroatoms. The van der Waals surface area contributed by atoms with Crippen molar-refractivity contribution in [2.75, 3.05) is 0 Å². The zero-order valence-electron chi connectivity index (χ0n) is 11.0. The Morgan fingerprint density at radius 3 is 2.42 bits per heavy atom. The van der Waals surface area contributed by atoms with Crippen LogP contribution in [-0.4, -0.2) is 23.3 Å². The molecule has 0 saturated heterocycles. The monoisotopic (exact) mass is 266 g/mol. The summed E-state index contributed by atoms with van der Waals surface area (Å²) in [7, 11) is -1.65. The lowest BCUT2D eigenvalue weighted by atomic mass is 9.79. The van der Waals surface area contributed by atoms with Gasteiger partial charge in [0.15, 0.2) is 0 Å². The first-order chi connectivity index (χ1) is 9.15. The van der Waals surface area contributed by atoms with Crippen LogP contribution < -0.4 is 5.46 Å². The highest BCUT2D eigenvalue weighted by Gasteiger charge is 2.15. The fourth-order valence-electron chi connectivity index (χ4n) is 2.53. The average molecular weight is 266 g/mol. The van der Waals surface area contributed by atoms with Crippen molar-refractivity contribution in [3.8, 4) is 0 Å². The van der Waals surface area contributed by atoms with Gasteiger partial charge in [0.1, 0.15) is 5.82 Å². The molecule has 1 aliphatic carbocycles. The van der Waals surface area contributed by atoms with E-state index >= 15 is 0 Å². The van der Waals surface area contributed by atoms with Crippen LogP contribution >= 0.6 is 0 Å². The van der Waals surface area contributed by atoms with Crippen LogP contribution in [0, 0.1) is 5.82 Å². The van der Waals surface area contributed by atoms with Crippen LogP contribution in [0.5, 0.6) is 0 Å². The Kier molecular flexibility index (Phi) is 5.37. The Balaban J connectivity index is 1.94. The molecule has 0 radical (unpaired) electrons. The minimum Gasteiger partial charge on any atom is -0.423 e.